The number of hydrogen-bond acceptors (Lipinski definition) is 2. The summed E-state index contributed by atoms with van der Waals surface area (Å²) >= 11 is 0. The molecule has 0 amide bonds. The van der Waals surface area contributed by atoms with E-state index in [0.29, 0.717) is 0 Å². The van der Waals surface area contributed by atoms with Crippen LogP contribution in [0, 0.1) is 5.41 Å². The summed E-state index contributed by atoms with van der Waals surface area (Å²) < 4.78 is 26.0. The topological polar surface area (TPSA) is 37.4 Å². The van der Waals surface area contributed by atoms with Gasteiger partial charge in [-0.25, -0.2) is 12.7 Å². The van der Waals surface area contributed by atoms with Crippen molar-refractivity contribution in [2.75, 3.05) is 19.5 Å². The van der Waals surface area contributed by atoms with E-state index in [4.69, 9.17) is 0 Å². The minimum absolute atomic E-state index is 0.0750. The highest BCUT2D eigenvalue weighted by Crippen LogP contribution is 2.40. The Kier molecular flexibility index (Phi) is 6.42. The number of benzene rings is 2. The van der Waals surface area contributed by atoms with E-state index in [2.05, 4.69) is 69.3 Å². The quantitative estimate of drug-likeness (QED) is 0.724. The molecule has 1 atom stereocenters. The van der Waals surface area contributed by atoms with Crippen molar-refractivity contribution in [2.24, 2.45) is 5.41 Å². The molecule has 0 aliphatic carbocycles. The number of hydrogen-bond donors (Lipinski definition) is 0. The van der Waals surface area contributed by atoms with E-state index in [0.717, 1.165) is 6.16 Å². The molecule has 0 saturated carbocycles. The molecule has 2 rings (SSSR count). The van der Waals surface area contributed by atoms with Gasteiger partial charge in [0.1, 0.15) is 0 Å². The Labute approximate surface area is 153 Å². The van der Waals surface area contributed by atoms with E-state index in [1.54, 1.807) is 11.4 Å². The van der Waals surface area contributed by atoms with Gasteiger partial charge in [-0.05, 0) is 30.1 Å². The molecular weight excluding hydrogens is 349 g/mol. The predicted octanol–water partition coefficient (Wildman–Crippen LogP) is 3.43. The second kappa shape index (κ2) is 7.99. The van der Waals surface area contributed by atoms with Crippen LogP contribution < -0.4 is 10.6 Å². The summed E-state index contributed by atoms with van der Waals surface area (Å²) in [5, 5.41) is 2.56. The molecule has 0 aliphatic rings. The molecule has 0 N–H and O–H groups in total. The van der Waals surface area contributed by atoms with Crippen molar-refractivity contribution in [3.63, 3.8) is 0 Å². The van der Waals surface area contributed by atoms with E-state index in [-0.39, 0.29) is 11.5 Å². The van der Waals surface area contributed by atoms with Crippen LogP contribution >= 0.6 is 7.92 Å². The third-order valence-corrected chi connectivity index (χ3v) is 8.31. The summed E-state index contributed by atoms with van der Waals surface area (Å²) in [5.74, 6) is 0. The molecular formula is C20H28NO2PS. The standard InChI is InChI=1S/C20H28NO2PS/c1-20(2,3)19(21(4)25(5,22)23)16-24(17-12-8-6-9-13-17)18-14-10-7-11-15-18/h6-15,19H,16H2,1-5H3/t19-/m1/s1. The molecule has 0 aromatic heterocycles. The highest BCUT2D eigenvalue weighted by molar-refractivity contribution is 7.88. The molecule has 5 heteroatoms. The Morgan fingerprint density at radius 1 is 0.920 bits per heavy atom. The van der Waals surface area contributed by atoms with Crippen LogP contribution in [0.25, 0.3) is 0 Å². The van der Waals surface area contributed by atoms with Crippen molar-refractivity contribution in [2.45, 2.75) is 26.8 Å². The zero-order valence-corrected chi connectivity index (χ0v) is 17.4. The van der Waals surface area contributed by atoms with Crippen molar-refractivity contribution < 1.29 is 8.42 Å². The largest absolute Gasteiger partial charge is 0.213 e. The van der Waals surface area contributed by atoms with Gasteiger partial charge in [0.2, 0.25) is 10.0 Å². The van der Waals surface area contributed by atoms with Gasteiger partial charge >= 0.3 is 0 Å². The van der Waals surface area contributed by atoms with Gasteiger partial charge in [-0.2, -0.15) is 0 Å². The lowest BCUT2D eigenvalue weighted by atomic mass is 9.88. The third-order valence-electron chi connectivity index (χ3n) is 4.45. The number of sulfonamides is 1. The molecule has 0 saturated heterocycles. The van der Waals surface area contributed by atoms with Crippen molar-refractivity contribution in [1.29, 1.82) is 0 Å². The van der Waals surface area contributed by atoms with Gasteiger partial charge in [0.15, 0.2) is 0 Å². The van der Waals surface area contributed by atoms with Crippen LogP contribution in [-0.2, 0) is 10.0 Å². The predicted molar refractivity (Wildman–Crippen MR) is 110 cm³/mol. The normalized spacial score (nSPS) is 14.0. The maximum Gasteiger partial charge on any atom is 0.211 e. The molecule has 0 aliphatic heterocycles. The lowest BCUT2D eigenvalue weighted by Gasteiger charge is -2.39. The SMILES string of the molecule is CN([C@H](CP(c1ccccc1)c1ccccc1)C(C)(C)C)S(C)(=O)=O. The maximum absolute atomic E-state index is 12.2. The fraction of sp³-hybridized carbons (Fsp3) is 0.400. The first kappa shape index (κ1) is 20.1. The van der Waals surface area contributed by atoms with Gasteiger partial charge in [-0.3, -0.25) is 0 Å². The molecule has 0 unspecified atom stereocenters. The second-order valence-electron chi connectivity index (χ2n) is 7.44. The van der Waals surface area contributed by atoms with Crippen molar-refractivity contribution >= 4 is 28.6 Å². The molecule has 136 valence electrons. The summed E-state index contributed by atoms with van der Waals surface area (Å²) in [6.07, 6.45) is 2.09. The number of nitrogens with zero attached hydrogens (tertiary/aromatic N) is 1. The molecule has 0 spiro atoms. The van der Waals surface area contributed by atoms with E-state index in [1.807, 2.05) is 12.1 Å². The van der Waals surface area contributed by atoms with Crippen LogP contribution in [0.15, 0.2) is 60.7 Å². The molecule has 0 fully saturated rings. The first-order valence-electron chi connectivity index (χ1n) is 8.41. The molecule has 2 aromatic rings. The average molecular weight is 377 g/mol. The second-order valence-corrected chi connectivity index (χ2v) is 11.7. The van der Waals surface area contributed by atoms with Gasteiger partial charge < -0.3 is 0 Å². The summed E-state index contributed by atoms with van der Waals surface area (Å²) in [7, 11) is -2.19. The Balaban J connectivity index is 2.46. The van der Waals surface area contributed by atoms with Gasteiger partial charge in [0, 0.05) is 13.1 Å². The minimum atomic E-state index is -3.25. The minimum Gasteiger partial charge on any atom is -0.213 e. The fourth-order valence-corrected chi connectivity index (χ4v) is 6.80. The first-order chi connectivity index (χ1) is 11.6. The van der Waals surface area contributed by atoms with Crippen LogP contribution in [0.3, 0.4) is 0 Å². The van der Waals surface area contributed by atoms with E-state index >= 15 is 0 Å². The summed E-state index contributed by atoms with van der Waals surface area (Å²) in [5.41, 5.74) is -0.151. The molecule has 0 bridgehead atoms. The lowest BCUT2D eigenvalue weighted by Crippen LogP contribution is -2.47. The van der Waals surface area contributed by atoms with Crippen molar-refractivity contribution in [3.05, 3.63) is 60.7 Å². The van der Waals surface area contributed by atoms with E-state index in [1.165, 1.54) is 16.9 Å². The van der Waals surface area contributed by atoms with Gasteiger partial charge in [0.05, 0.1) is 6.26 Å². The van der Waals surface area contributed by atoms with Crippen molar-refractivity contribution in [3.8, 4) is 0 Å². The molecule has 2 aromatic carbocycles. The van der Waals surface area contributed by atoms with E-state index in [9.17, 15) is 8.42 Å². The Bertz CT molecular complexity index is 731. The van der Waals surface area contributed by atoms with Gasteiger partial charge in [-0.1, -0.05) is 81.4 Å². The zero-order valence-electron chi connectivity index (χ0n) is 15.7. The Morgan fingerprint density at radius 3 is 1.64 bits per heavy atom. The molecule has 3 nitrogen and oxygen atoms in total. The monoisotopic (exact) mass is 377 g/mol. The summed E-state index contributed by atoms with van der Waals surface area (Å²) in [4.78, 5) is 0. The van der Waals surface area contributed by atoms with E-state index < -0.39 is 17.9 Å². The van der Waals surface area contributed by atoms with Crippen LogP contribution in [0.1, 0.15) is 20.8 Å². The van der Waals surface area contributed by atoms with Gasteiger partial charge in [0.25, 0.3) is 0 Å². The molecule has 0 radical (unpaired) electrons. The fourth-order valence-electron chi connectivity index (χ4n) is 2.91. The first-order valence-corrected chi connectivity index (χ1v) is 11.8. The smallest absolute Gasteiger partial charge is 0.211 e. The Hall–Kier alpha value is -1.22. The van der Waals surface area contributed by atoms with Crippen molar-refractivity contribution in [1.82, 2.24) is 4.31 Å². The number of rotatable bonds is 6. The average Bonchev–Trinajstić information content (AvgIpc) is 2.55. The molecule has 25 heavy (non-hydrogen) atoms. The maximum atomic E-state index is 12.2. The van der Waals surface area contributed by atoms with Crippen LogP contribution in [0.2, 0.25) is 0 Å². The highest BCUT2D eigenvalue weighted by atomic mass is 32.2. The third kappa shape index (κ3) is 5.37. The van der Waals surface area contributed by atoms with Crippen LogP contribution in [0.5, 0.6) is 0 Å². The van der Waals surface area contributed by atoms with Gasteiger partial charge in [-0.15, -0.1) is 0 Å². The lowest BCUT2D eigenvalue weighted by molar-refractivity contribution is 0.221. The zero-order chi connectivity index (χ0) is 18.7. The van der Waals surface area contributed by atoms with Crippen LogP contribution in [-0.4, -0.2) is 38.2 Å². The Morgan fingerprint density at radius 2 is 1.32 bits per heavy atom. The summed E-state index contributed by atoms with van der Waals surface area (Å²) in [6, 6.07) is 20.8. The highest BCUT2D eigenvalue weighted by Gasteiger charge is 2.35. The van der Waals surface area contributed by atoms with Crippen LogP contribution in [0.4, 0.5) is 0 Å². The molecule has 0 heterocycles. The summed E-state index contributed by atoms with van der Waals surface area (Å²) in [6.45, 7) is 6.34.